The lowest BCUT2D eigenvalue weighted by molar-refractivity contribution is 0.399. The first-order chi connectivity index (χ1) is 10.1. The number of benzene rings is 2. The maximum absolute atomic E-state index is 9.71. The Hall–Kier alpha value is -1.24. The topological polar surface area (TPSA) is 64.5 Å². The van der Waals surface area contributed by atoms with E-state index in [4.69, 9.17) is 0 Å². The highest BCUT2D eigenvalue weighted by molar-refractivity contribution is 8.93. The predicted molar refractivity (Wildman–Crippen MR) is 105 cm³/mol. The van der Waals surface area contributed by atoms with Gasteiger partial charge in [0.25, 0.3) is 0 Å². The summed E-state index contributed by atoms with van der Waals surface area (Å²) in [5.74, 6) is -0.0984. The van der Waals surface area contributed by atoms with Crippen molar-refractivity contribution in [2.45, 2.75) is 19.4 Å². The van der Waals surface area contributed by atoms with Gasteiger partial charge in [-0.25, -0.2) is 0 Å². The van der Waals surface area contributed by atoms with E-state index in [0.717, 1.165) is 36.3 Å². The predicted octanol–water partition coefficient (Wildman–Crippen LogP) is 3.86. The van der Waals surface area contributed by atoms with Gasteiger partial charge >= 0.3 is 0 Å². The number of fused-ring (bicyclic) bond motifs is 1. The minimum atomic E-state index is -0.0576. The number of nitrogens with one attached hydrogen (secondary N) is 2. The molecule has 0 aromatic heterocycles. The smallest absolute Gasteiger partial charge is 0.157 e. The van der Waals surface area contributed by atoms with Crippen LogP contribution in [-0.2, 0) is 6.42 Å². The molecule has 4 N–H and O–H groups in total. The maximum atomic E-state index is 9.71. The lowest BCUT2D eigenvalue weighted by Gasteiger charge is -2.28. The molecule has 1 heterocycles. The van der Waals surface area contributed by atoms with Crippen LogP contribution >= 0.6 is 34.0 Å². The molecule has 0 amide bonds. The molecule has 0 spiro atoms. The highest BCUT2D eigenvalue weighted by Gasteiger charge is 2.21. The fourth-order valence-corrected chi connectivity index (χ4v) is 2.74. The Bertz CT molecular complexity index is 648. The zero-order valence-corrected chi connectivity index (χ0v) is 16.3. The van der Waals surface area contributed by atoms with Gasteiger partial charge in [-0.3, -0.25) is 0 Å². The third-order valence-electron chi connectivity index (χ3n) is 3.96. The van der Waals surface area contributed by atoms with Gasteiger partial charge in [-0.15, -0.1) is 34.0 Å². The summed E-state index contributed by atoms with van der Waals surface area (Å²) >= 11 is 0. The van der Waals surface area contributed by atoms with Gasteiger partial charge in [0.1, 0.15) is 0 Å². The quantitative estimate of drug-likeness (QED) is 0.541. The van der Waals surface area contributed by atoms with E-state index in [2.05, 4.69) is 41.8 Å². The van der Waals surface area contributed by atoms with Crippen molar-refractivity contribution >= 4 is 39.7 Å². The van der Waals surface area contributed by atoms with Crippen molar-refractivity contribution in [1.82, 2.24) is 5.32 Å². The van der Waals surface area contributed by atoms with Gasteiger partial charge in [0.05, 0.1) is 0 Å². The van der Waals surface area contributed by atoms with Gasteiger partial charge in [-0.1, -0.05) is 17.7 Å². The van der Waals surface area contributed by atoms with Gasteiger partial charge in [-0.05, 0) is 55.3 Å². The van der Waals surface area contributed by atoms with Crippen LogP contribution in [0.5, 0.6) is 11.5 Å². The Labute approximate surface area is 157 Å². The number of halogens is 2. The molecule has 6 heteroatoms. The van der Waals surface area contributed by atoms with Crippen LogP contribution in [0.1, 0.15) is 22.7 Å². The molecule has 0 saturated carbocycles. The molecule has 0 fully saturated rings. The molecular weight excluding hydrogens is 424 g/mol. The molecule has 4 nitrogen and oxygen atoms in total. The van der Waals surface area contributed by atoms with E-state index in [1.165, 1.54) is 5.56 Å². The van der Waals surface area contributed by atoms with Crippen molar-refractivity contribution in [2.24, 2.45) is 0 Å². The van der Waals surface area contributed by atoms with Crippen LogP contribution in [0.25, 0.3) is 0 Å². The Balaban J connectivity index is 0.00000132. The second kappa shape index (κ2) is 8.57. The molecule has 1 aliphatic rings. The first-order valence-electron chi connectivity index (χ1n) is 7.22. The third kappa shape index (κ3) is 4.62. The fraction of sp³-hybridized carbons (Fsp3) is 0.294. The second-order valence-corrected chi connectivity index (χ2v) is 5.54. The van der Waals surface area contributed by atoms with Crippen molar-refractivity contribution in [3.8, 4) is 11.5 Å². The van der Waals surface area contributed by atoms with Crippen LogP contribution in [0, 0.1) is 6.92 Å². The monoisotopic (exact) mass is 444 g/mol. The van der Waals surface area contributed by atoms with Crippen molar-refractivity contribution in [3.05, 3.63) is 53.1 Å². The lowest BCUT2D eigenvalue weighted by atomic mass is 9.93. The number of anilines is 1. The van der Waals surface area contributed by atoms with E-state index >= 15 is 0 Å². The second-order valence-electron chi connectivity index (χ2n) is 5.54. The van der Waals surface area contributed by atoms with Crippen LogP contribution in [0.3, 0.4) is 0 Å². The molecule has 2 aromatic carbocycles. The van der Waals surface area contributed by atoms with Gasteiger partial charge in [0, 0.05) is 18.3 Å². The molecule has 3 rings (SSSR count). The minimum Gasteiger partial charge on any atom is -0.504 e. The number of phenolic OH excluding ortho intramolecular Hbond substituents is 2. The molecule has 2 aromatic rings. The van der Waals surface area contributed by atoms with E-state index in [9.17, 15) is 10.2 Å². The number of phenols is 2. The number of aromatic hydroxyl groups is 2. The summed E-state index contributed by atoms with van der Waals surface area (Å²) in [6, 6.07) is 11.7. The highest BCUT2D eigenvalue weighted by Crippen LogP contribution is 2.33. The Morgan fingerprint density at radius 3 is 2.43 bits per heavy atom. The summed E-state index contributed by atoms with van der Waals surface area (Å²) in [6.45, 7) is 3.68. The van der Waals surface area contributed by atoms with Crippen LogP contribution in [-0.4, -0.2) is 23.3 Å². The number of hydrogen-bond donors (Lipinski definition) is 4. The Kier molecular flexibility index (Phi) is 7.38. The van der Waals surface area contributed by atoms with E-state index in [1.807, 2.05) is 0 Å². The Morgan fingerprint density at radius 1 is 1.09 bits per heavy atom. The zero-order chi connectivity index (χ0) is 14.8. The van der Waals surface area contributed by atoms with Crippen molar-refractivity contribution in [3.63, 3.8) is 0 Å². The van der Waals surface area contributed by atoms with E-state index < -0.39 is 0 Å². The number of aryl methyl sites for hydroxylation is 1. The minimum absolute atomic E-state index is 0. The molecule has 0 saturated heterocycles. The SMILES string of the molecule is Br.Br.Cc1ccc(NCC2NCCc3cc(O)c(O)cc32)cc1. The average molecular weight is 446 g/mol. The molecular formula is C17H22Br2N2O2. The van der Waals surface area contributed by atoms with E-state index in [0.29, 0.717) is 0 Å². The van der Waals surface area contributed by atoms with E-state index in [-0.39, 0.29) is 51.5 Å². The van der Waals surface area contributed by atoms with Gasteiger partial charge < -0.3 is 20.8 Å². The van der Waals surface area contributed by atoms with E-state index in [1.54, 1.807) is 12.1 Å². The number of hydrogen-bond acceptors (Lipinski definition) is 4. The maximum Gasteiger partial charge on any atom is 0.157 e. The van der Waals surface area contributed by atoms with Crippen LogP contribution in [0.15, 0.2) is 36.4 Å². The largest absolute Gasteiger partial charge is 0.504 e. The van der Waals surface area contributed by atoms with Crippen molar-refractivity contribution < 1.29 is 10.2 Å². The Morgan fingerprint density at radius 2 is 1.74 bits per heavy atom. The average Bonchev–Trinajstić information content (AvgIpc) is 2.48. The summed E-state index contributed by atoms with van der Waals surface area (Å²) in [6.07, 6.45) is 0.865. The summed E-state index contributed by atoms with van der Waals surface area (Å²) in [5, 5.41) is 26.2. The van der Waals surface area contributed by atoms with Crippen LogP contribution in [0.2, 0.25) is 0 Å². The molecule has 0 aliphatic carbocycles. The number of rotatable bonds is 3. The molecule has 1 atom stereocenters. The van der Waals surface area contributed by atoms with Crippen molar-refractivity contribution in [1.29, 1.82) is 0 Å². The lowest BCUT2D eigenvalue weighted by Crippen LogP contribution is -2.34. The highest BCUT2D eigenvalue weighted by atomic mass is 79.9. The van der Waals surface area contributed by atoms with Crippen LogP contribution in [0.4, 0.5) is 5.69 Å². The van der Waals surface area contributed by atoms with Gasteiger partial charge in [-0.2, -0.15) is 0 Å². The summed E-state index contributed by atoms with van der Waals surface area (Å²) in [5.41, 5.74) is 4.47. The van der Waals surface area contributed by atoms with Gasteiger partial charge in [0.2, 0.25) is 0 Å². The third-order valence-corrected chi connectivity index (χ3v) is 3.96. The molecule has 1 unspecified atom stereocenters. The first kappa shape index (κ1) is 19.8. The fourth-order valence-electron chi connectivity index (χ4n) is 2.74. The molecule has 0 radical (unpaired) electrons. The summed E-state index contributed by atoms with van der Waals surface area (Å²) < 4.78 is 0. The van der Waals surface area contributed by atoms with Crippen LogP contribution < -0.4 is 10.6 Å². The summed E-state index contributed by atoms with van der Waals surface area (Å²) in [4.78, 5) is 0. The molecule has 0 bridgehead atoms. The molecule has 1 aliphatic heterocycles. The van der Waals surface area contributed by atoms with Crippen molar-refractivity contribution in [2.75, 3.05) is 18.4 Å². The standard InChI is InChI=1S/C17H20N2O2.2BrH/c1-11-2-4-13(5-3-11)19-10-15-14-9-17(21)16(20)8-12(14)6-7-18-15;;/h2-5,8-9,15,18-21H,6-7,10H2,1H3;2*1H. The first-order valence-corrected chi connectivity index (χ1v) is 7.22. The zero-order valence-electron chi connectivity index (χ0n) is 12.9. The molecule has 23 heavy (non-hydrogen) atoms. The normalized spacial score (nSPS) is 15.8. The molecule has 126 valence electrons. The van der Waals surface area contributed by atoms with Gasteiger partial charge in [0.15, 0.2) is 11.5 Å². The summed E-state index contributed by atoms with van der Waals surface area (Å²) in [7, 11) is 0.